The molecule has 0 saturated heterocycles. The highest BCUT2D eigenvalue weighted by atomic mass is 79.9. The lowest BCUT2D eigenvalue weighted by molar-refractivity contribution is 0.798. The number of nitrogens with one attached hydrogen (secondary N) is 2. The lowest BCUT2D eigenvalue weighted by atomic mass is 10.2. The second kappa shape index (κ2) is 5.62. The summed E-state index contributed by atoms with van der Waals surface area (Å²) in [5.41, 5.74) is 3.36. The third-order valence-corrected chi connectivity index (χ3v) is 3.64. The minimum Gasteiger partial charge on any atom is -0.331 e. The molecule has 0 aliphatic carbocycles. The number of rotatable bonds is 4. The zero-order valence-corrected chi connectivity index (χ0v) is 12.2. The minimum atomic E-state index is 0.803. The van der Waals surface area contributed by atoms with Crippen LogP contribution in [0.25, 0.3) is 0 Å². The molecule has 0 saturated carbocycles. The first-order valence-electron chi connectivity index (χ1n) is 5.31. The number of benzene rings is 1. The molecule has 3 nitrogen and oxygen atoms in total. The summed E-state index contributed by atoms with van der Waals surface area (Å²) in [6, 6.07) is 6.17. The van der Waals surface area contributed by atoms with Crippen molar-refractivity contribution in [3.05, 3.63) is 39.3 Å². The molecule has 0 atom stereocenters. The van der Waals surface area contributed by atoms with Gasteiger partial charge in [-0.3, -0.25) is 0 Å². The molecule has 1 heterocycles. The smallest absolute Gasteiger partial charge is 0.187 e. The average Bonchev–Trinajstić information content (AvgIpc) is 2.71. The maximum atomic E-state index is 4.49. The van der Waals surface area contributed by atoms with Gasteiger partial charge in [0.15, 0.2) is 5.13 Å². The molecule has 2 aromatic rings. The predicted octanol–water partition coefficient (Wildman–Crippen LogP) is 3.68. The summed E-state index contributed by atoms with van der Waals surface area (Å²) in [6.07, 6.45) is 0. The first-order valence-corrected chi connectivity index (χ1v) is 6.98. The largest absolute Gasteiger partial charge is 0.331 e. The third-order valence-electron chi connectivity index (χ3n) is 2.34. The molecule has 1 aromatic carbocycles. The fourth-order valence-electron chi connectivity index (χ4n) is 1.51. The van der Waals surface area contributed by atoms with Crippen LogP contribution >= 0.6 is 27.3 Å². The maximum absolute atomic E-state index is 4.49. The van der Waals surface area contributed by atoms with Gasteiger partial charge < -0.3 is 10.6 Å². The zero-order chi connectivity index (χ0) is 12.3. The molecule has 0 aliphatic rings. The second-order valence-electron chi connectivity index (χ2n) is 3.76. The molecule has 90 valence electrons. The van der Waals surface area contributed by atoms with E-state index in [1.807, 2.05) is 13.1 Å². The Balaban J connectivity index is 2.13. The van der Waals surface area contributed by atoms with E-state index in [2.05, 4.69) is 56.0 Å². The van der Waals surface area contributed by atoms with Crippen molar-refractivity contribution >= 4 is 38.1 Å². The highest BCUT2D eigenvalue weighted by molar-refractivity contribution is 9.10. The molecule has 2 rings (SSSR count). The number of anilines is 2. The molecule has 0 radical (unpaired) electrons. The Morgan fingerprint density at radius 3 is 2.94 bits per heavy atom. The van der Waals surface area contributed by atoms with E-state index in [0.717, 1.165) is 27.5 Å². The highest BCUT2D eigenvalue weighted by Crippen LogP contribution is 2.25. The summed E-state index contributed by atoms with van der Waals surface area (Å²) in [5, 5.41) is 9.42. The van der Waals surface area contributed by atoms with Crippen molar-refractivity contribution < 1.29 is 0 Å². The summed E-state index contributed by atoms with van der Waals surface area (Å²) in [4.78, 5) is 4.49. The van der Waals surface area contributed by atoms with Gasteiger partial charge in [-0.2, -0.15) is 0 Å². The van der Waals surface area contributed by atoms with E-state index < -0.39 is 0 Å². The molecule has 0 bridgehead atoms. The van der Waals surface area contributed by atoms with Crippen LogP contribution in [0.1, 0.15) is 11.3 Å². The molecule has 0 spiro atoms. The summed E-state index contributed by atoms with van der Waals surface area (Å²) in [7, 11) is 1.92. The van der Waals surface area contributed by atoms with Crippen LogP contribution in [0.2, 0.25) is 0 Å². The fourth-order valence-corrected chi connectivity index (χ4v) is 2.71. The lowest BCUT2D eigenvalue weighted by Gasteiger charge is -2.06. The topological polar surface area (TPSA) is 37.0 Å². The molecule has 0 amide bonds. The Morgan fingerprint density at radius 2 is 2.24 bits per heavy atom. The Bertz CT molecular complexity index is 510. The average molecular weight is 312 g/mol. The maximum Gasteiger partial charge on any atom is 0.187 e. The molecule has 2 N–H and O–H groups in total. The number of halogens is 1. The molecular formula is C12H14BrN3S. The fraction of sp³-hybridized carbons (Fsp3) is 0.250. The van der Waals surface area contributed by atoms with Crippen LogP contribution < -0.4 is 10.6 Å². The van der Waals surface area contributed by atoms with Gasteiger partial charge in [-0.15, -0.1) is 11.3 Å². The second-order valence-corrected chi connectivity index (χ2v) is 5.53. The predicted molar refractivity (Wildman–Crippen MR) is 77.0 cm³/mol. The van der Waals surface area contributed by atoms with Gasteiger partial charge in [0.25, 0.3) is 0 Å². The van der Waals surface area contributed by atoms with Gasteiger partial charge in [0, 0.05) is 22.1 Å². The van der Waals surface area contributed by atoms with Crippen molar-refractivity contribution in [1.29, 1.82) is 0 Å². The van der Waals surface area contributed by atoms with Crippen LogP contribution in [0.15, 0.2) is 28.1 Å². The summed E-state index contributed by atoms with van der Waals surface area (Å²) < 4.78 is 1.09. The monoisotopic (exact) mass is 311 g/mol. The Morgan fingerprint density at radius 1 is 1.41 bits per heavy atom. The van der Waals surface area contributed by atoms with E-state index in [4.69, 9.17) is 0 Å². The van der Waals surface area contributed by atoms with Crippen molar-refractivity contribution in [3.8, 4) is 0 Å². The van der Waals surface area contributed by atoms with Crippen molar-refractivity contribution in [3.63, 3.8) is 0 Å². The van der Waals surface area contributed by atoms with E-state index in [-0.39, 0.29) is 0 Å². The van der Waals surface area contributed by atoms with Crippen LogP contribution in [-0.2, 0) is 6.54 Å². The number of thiazole rings is 1. The quantitative estimate of drug-likeness (QED) is 0.904. The van der Waals surface area contributed by atoms with Gasteiger partial charge in [0.05, 0.1) is 5.69 Å². The summed E-state index contributed by atoms with van der Waals surface area (Å²) in [6.45, 7) is 2.88. The first kappa shape index (κ1) is 12.5. The van der Waals surface area contributed by atoms with Crippen LogP contribution in [0.4, 0.5) is 10.8 Å². The van der Waals surface area contributed by atoms with Crippen molar-refractivity contribution in [2.75, 3.05) is 12.4 Å². The van der Waals surface area contributed by atoms with Gasteiger partial charge in [-0.05, 0) is 37.7 Å². The van der Waals surface area contributed by atoms with Crippen molar-refractivity contribution in [2.45, 2.75) is 13.5 Å². The molecule has 0 unspecified atom stereocenters. The number of nitrogens with zero attached hydrogens (tertiary/aromatic N) is 1. The van der Waals surface area contributed by atoms with Crippen molar-refractivity contribution in [2.24, 2.45) is 0 Å². The van der Waals surface area contributed by atoms with Crippen LogP contribution in [0.5, 0.6) is 0 Å². The van der Waals surface area contributed by atoms with Gasteiger partial charge in [-0.1, -0.05) is 15.9 Å². The zero-order valence-electron chi connectivity index (χ0n) is 9.75. The molecule has 0 fully saturated rings. The number of hydrogen-bond acceptors (Lipinski definition) is 4. The van der Waals surface area contributed by atoms with E-state index in [1.165, 1.54) is 5.56 Å². The molecular weight excluding hydrogens is 298 g/mol. The van der Waals surface area contributed by atoms with Gasteiger partial charge >= 0.3 is 0 Å². The normalized spacial score (nSPS) is 10.5. The summed E-state index contributed by atoms with van der Waals surface area (Å²) in [5.74, 6) is 0. The van der Waals surface area contributed by atoms with Gasteiger partial charge in [0.2, 0.25) is 0 Å². The Hall–Kier alpha value is -0.910. The SMILES string of the molecule is CNCc1csc(Nc2ccc(Br)cc2C)n1. The summed E-state index contributed by atoms with van der Waals surface area (Å²) >= 11 is 5.08. The Kier molecular flexibility index (Phi) is 4.15. The number of hydrogen-bond donors (Lipinski definition) is 2. The lowest BCUT2D eigenvalue weighted by Crippen LogP contribution is -2.05. The molecule has 0 aliphatic heterocycles. The van der Waals surface area contributed by atoms with Crippen molar-refractivity contribution in [1.82, 2.24) is 10.3 Å². The number of aryl methyl sites for hydroxylation is 1. The van der Waals surface area contributed by atoms with E-state index >= 15 is 0 Å². The van der Waals surface area contributed by atoms with E-state index in [1.54, 1.807) is 11.3 Å². The van der Waals surface area contributed by atoms with E-state index in [9.17, 15) is 0 Å². The Labute approximate surface area is 113 Å². The minimum absolute atomic E-state index is 0.803. The molecule has 1 aromatic heterocycles. The standard InChI is InChI=1S/C12H14BrN3S/c1-8-5-9(13)3-4-11(8)16-12-15-10(6-14-2)7-17-12/h3-5,7,14H,6H2,1-2H3,(H,15,16). The van der Waals surface area contributed by atoms with Crippen LogP contribution in [-0.4, -0.2) is 12.0 Å². The first-order chi connectivity index (χ1) is 8.19. The van der Waals surface area contributed by atoms with Crippen LogP contribution in [0, 0.1) is 6.92 Å². The number of aromatic nitrogens is 1. The van der Waals surface area contributed by atoms with Crippen LogP contribution in [0.3, 0.4) is 0 Å². The molecule has 17 heavy (non-hydrogen) atoms. The highest BCUT2D eigenvalue weighted by Gasteiger charge is 2.03. The van der Waals surface area contributed by atoms with Gasteiger partial charge in [-0.25, -0.2) is 4.98 Å². The van der Waals surface area contributed by atoms with E-state index in [0.29, 0.717) is 0 Å². The third kappa shape index (κ3) is 3.28. The van der Waals surface area contributed by atoms with Gasteiger partial charge in [0.1, 0.15) is 0 Å². The molecule has 5 heteroatoms.